The smallest absolute Gasteiger partial charge is 0.00385 e. The summed E-state index contributed by atoms with van der Waals surface area (Å²) in [5, 5.41) is 0. The van der Waals surface area contributed by atoms with Gasteiger partial charge in [0.2, 0.25) is 0 Å². The summed E-state index contributed by atoms with van der Waals surface area (Å²) in [6.45, 7) is 13.7. The first kappa shape index (κ1) is 13.4. The Balaban J connectivity index is 1.80. The van der Waals surface area contributed by atoms with Crippen molar-refractivity contribution in [3.05, 3.63) is 0 Å². The maximum absolute atomic E-state index is 2.67. The van der Waals surface area contributed by atoms with Crippen LogP contribution in [-0.2, 0) is 0 Å². The zero-order chi connectivity index (χ0) is 12.3. The van der Waals surface area contributed by atoms with Gasteiger partial charge in [0.05, 0.1) is 0 Å². The second-order valence-corrected chi connectivity index (χ2v) is 6.47. The highest BCUT2D eigenvalue weighted by Gasteiger charge is 2.37. The van der Waals surface area contributed by atoms with Gasteiger partial charge in [0.1, 0.15) is 0 Å². The number of likely N-dealkylation sites (tertiary alicyclic amines) is 2. The molecule has 0 radical (unpaired) electrons. The van der Waals surface area contributed by atoms with Crippen molar-refractivity contribution in [1.29, 1.82) is 0 Å². The van der Waals surface area contributed by atoms with E-state index in [1.807, 2.05) is 0 Å². The molecule has 0 unspecified atom stereocenters. The van der Waals surface area contributed by atoms with E-state index in [0.717, 1.165) is 11.5 Å². The Kier molecular flexibility index (Phi) is 4.48. The Bertz CT molecular complexity index is 219. The summed E-state index contributed by atoms with van der Waals surface area (Å²) in [7, 11) is 0. The number of hydrogen-bond acceptors (Lipinski definition) is 2. The maximum Gasteiger partial charge on any atom is 0.00385 e. The highest BCUT2D eigenvalue weighted by molar-refractivity contribution is 4.91. The lowest BCUT2D eigenvalue weighted by Crippen LogP contribution is -2.48. The van der Waals surface area contributed by atoms with Gasteiger partial charge in [0.15, 0.2) is 0 Å². The van der Waals surface area contributed by atoms with E-state index in [9.17, 15) is 0 Å². The number of hydrogen-bond donors (Lipinski definition) is 0. The van der Waals surface area contributed by atoms with E-state index < -0.39 is 0 Å². The lowest BCUT2D eigenvalue weighted by Gasteiger charge is -2.47. The highest BCUT2D eigenvalue weighted by atomic mass is 15.2. The van der Waals surface area contributed by atoms with Crippen LogP contribution in [0.5, 0.6) is 0 Å². The first-order chi connectivity index (χ1) is 8.15. The molecule has 1 spiro atoms. The van der Waals surface area contributed by atoms with Gasteiger partial charge in [0, 0.05) is 6.04 Å². The molecule has 0 aromatic heterocycles. The summed E-state index contributed by atoms with van der Waals surface area (Å²) in [5.41, 5.74) is 0.718. The van der Waals surface area contributed by atoms with Gasteiger partial charge >= 0.3 is 0 Å². The minimum Gasteiger partial charge on any atom is -0.303 e. The van der Waals surface area contributed by atoms with Crippen LogP contribution in [-0.4, -0.2) is 48.6 Å². The van der Waals surface area contributed by atoms with Gasteiger partial charge in [-0.15, -0.1) is 0 Å². The Morgan fingerprint density at radius 2 is 1.47 bits per heavy atom. The third-order valence-corrected chi connectivity index (χ3v) is 5.05. The molecule has 17 heavy (non-hydrogen) atoms. The van der Waals surface area contributed by atoms with E-state index in [1.54, 1.807) is 0 Å². The van der Waals surface area contributed by atoms with Crippen LogP contribution in [0.15, 0.2) is 0 Å². The van der Waals surface area contributed by atoms with Crippen LogP contribution in [0.2, 0.25) is 0 Å². The average molecular weight is 238 g/mol. The number of nitrogens with zero attached hydrogens (tertiary/aromatic N) is 2. The van der Waals surface area contributed by atoms with E-state index in [1.165, 1.54) is 64.8 Å². The highest BCUT2D eigenvalue weighted by Crippen LogP contribution is 2.41. The molecule has 2 nitrogen and oxygen atoms in total. The predicted molar refractivity (Wildman–Crippen MR) is 74.3 cm³/mol. The van der Waals surface area contributed by atoms with Crippen LogP contribution in [0.4, 0.5) is 0 Å². The van der Waals surface area contributed by atoms with E-state index in [-0.39, 0.29) is 0 Å². The molecule has 0 bridgehead atoms. The topological polar surface area (TPSA) is 6.48 Å². The third-order valence-electron chi connectivity index (χ3n) is 5.05. The molecule has 0 aromatic carbocycles. The molecule has 100 valence electrons. The second kappa shape index (κ2) is 5.71. The van der Waals surface area contributed by atoms with Crippen LogP contribution in [0.25, 0.3) is 0 Å². The molecule has 2 aliphatic rings. The molecule has 2 rings (SSSR count). The zero-order valence-corrected chi connectivity index (χ0v) is 12.0. The summed E-state index contributed by atoms with van der Waals surface area (Å²) in [6, 6.07) is 0.743. The van der Waals surface area contributed by atoms with Crippen molar-refractivity contribution in [2.24, 2.45) is 5.41 Å². The van der Waals surface area contributed by atoms with Gasteiger partial charge in [-0.3, -0.25) is 0 Å². The standard InChI is InChI=1S/C15H30N2/c1-4-9-16-10-5-15(6-11-16)7-12-17(13-8-15)14(2)3/h14H,4-13H2,1-3H3. The Labute approximate surface area is 107 Å². The van der Waals surface area contributed by atoms with Gasteiger partial charge in [-0.25, -0.2) is 0 Å². The molecule has 2 heteroatoms. The normalized spacial score (nSPS) is 26.8. The van der Waals surface area contributed by atoms with Crippen LogP contribution in [0.3, 0.4) is 0 Å². The molecular formula is C15H30N2. The van der Waals surface area contributed by atoms with Crippen LogP contribution < -0.4 is 0 Å². The fraction of sp³-hybridized carbons (Fsp3) is 1.00. The molecule has 0 amide bonds. The van der Waals surface area contributed by atoms with E-state index >= 15 is 0 Å². The summed E-state index contributed by atoms with van der Waals surface area (Å²) >= 11 is 0. The zero-order valence-electron chi connectivity index (χ0n) is 12.0. The minimum atomic E-state index is 0.718. The lowest BCUT2D eigenvalue weighted by atomic mass is 9.71. The minimum absolute atomic E-state index is 0.718. The fourth-order valence-electron chi connectivity index (χ4n) is 3.58. The molecule has 0 aromatic rings. The summed E-state index contributed by atoms with van der Waals surface area (Å²) in [4.78, 5) is 5.32. The predicted octanol–water partition coefficient (Wildman–Crippen LogP) is 2.98. The first-order valence-corrected chi connectivity index (χ1v) is 7.62. The van der Waals surface area contributed by atoms with E-state index in [2.05, 4.69) is 30.6 Å². The monoisotopic (exact) mass is 238 g/mol. The van der Waals surface area contributed by atoms with Crippen molar-refractivity contribution in [3.63, 3.8) is 0 Å². The van der Waals surface area contributed by atoms with E-state index in [4.69, 9.17) is 0 Å². The number of piperidine rings is 2. The maximum atomic E-state index is 2.67. The molecule has 0 atom stereocenters. The molecule has 0 aliphatic carbocycles. The Morgan fingerprint density at radius 3 is 1.94 bits per heavy atom. The summed E-state index contributed by atoms with van der Waals surface area (Å²) in [5.74, 6) is 0. The van der Waals surface area contributed by atoms with Crippen molar-refractivity contribution in [2.75, 3.05) is 32.7 Å². The quantitative estimate of drug-likeness (QED) is 0.746. The van der Waals surface area contributed by atoms with Gasteiger partial charge in [-0.05, 0) is 84.1 Å². The third kappa shape index (κ3) is 3.23. The summed E-state index contributed by atoms with van der Waals surface area (Å²) < 4.78 is 0. The van der Waals surface area contributed by atoms with Crippen LogP contribution in [0.1, 0.15) is 52.9 Å². The van der Waals surface area contributed by atoms with Crippen molar-refractivity contribution in [2.45, 2.75) is 58.9 Å². The van der Waals surface area contributed by atoms with E-state index in [0.29, 0.717) is 0 Å². The molecule has 0 saturated carbocycles. The Hall–Kier alpha value is -0.0800. The summed E-state index contributed by atoms with van der Waals surface area (Å²) in [6.07, 6.45) is 7.13. The largest absolute Gasteiger partial charge is 0.303 e. The van der Waals surface area contributed by atoms with Crippen LogP contribution in [0, 0.1) is 5.41 Å². The molecule has 2 fully saturated rings. The molecule has 2 heterocycles. The molecular weight excluding hydrogens is 208 g/mol. The second-order valence-electron chi connectivity index (χ2n) is 6.47. The van der Waals surface area contributed by atoms with Gasteiger partial charge in [-0.1, -0.05) is 6.92 Å². The van der Waals surface area contributed by atoms with Gasteiger partial charge in [-0.2, -0.15) is 0 Å². The Morgan fingerprint density at radius 1 is 0.941 bits per heavy atom. The number of rotatable bonds is 3. The van der Waals surface area contributed by atoms with Crippen molar-refractivity contribution in [1.82, 2.24) is 9.80 Å². The fourth-order valence-corrected chi connectivity index (χ4v) is 3.58. The van der Waals surface area contributed by atoms with Crippen molar-refractivity contribution >= 4 is 0 Å². The molecule has 2 aliphatic heterocycles. The van der Waals surface area contributed by atoms with Crippen molar-refractivity contribution < 1.29 is 0 Å². The first-order valence-electron chi connectivity index (χ1n) is 7.62. The molecule has 2 saturated heterocycles. The SMILES string of the molecule is CCCN1CCC2(CC1)CCN(C(C)C)CC2. The lowest BCUT2D eigenvalue weighted by molar-refractivity contribution is 0.0252. The van der Waals surface area contributed by atoms with Crippen LogP contribution >= 0.6 is 0 Å². The average Bonchev–Trinajstić information content (AvgIpc) is 2.33. The van der Waals surface area contributed by atoms with Crippen molar-refractivity contribution in [3.8, 4) is 0 Å². The molecule has 0 N–H and O–H groups in total. The van der Waals surface area contributed by atoms with Gasteiger partial charge in [0.25, 0.3) is 0 Å². The van der Waals surface area contributed by atoms with Gasteiger partial charge < -0.3 is 9.80 Å².